The highest BCUT2D eigenvalue weighted by Crippen LogP contribution is 2.15. The molecule has 1 fully saturated rings. The highest BCUT2D eigenvalue weighted by molar-refractivity contribution is 5.44. The maximum Gasteiger partial charge on any atom is 0.161 e. The summed E-state index contributed by atoms with van der Waals surface area (Å²) in [5.41, 5.74) is 0. The second-order valence-electron chi connectivity index (χ2n) is 4.12. The van der Waals surface area contributed by atoms with E-state index in [9.17, 15) is 0 Å². The highest BCUT2D eigenvalue weighted by Gasteiger charge is 2.21. The summed E-state index contributed by atoms with van der Waals surface area (Å²) in [7, 11) is 0. The molecule has 1 aromatic rings. The predicted octanol–water partition coefficient (Wildman–Crippen LogP) is 1.03. The van der Waals surface area contributed by atoms with E-state index in [1.807, 2.05) is 4.90 Å². The molecule has 1 aliphatic rings. The minimum Gasteiger partial charge on any atom is -0.369 e. The smallest absolute Gasteiger partial charge is 0.161 e. The van der Waals surface area contributed by atoms with Gasteiger partial charge in [-0.05, 0) is 6.42 Å². The van der Waals surface area contributed by atoms with Gasteiger partial charge in [-0.25, -0.2) is 4.98 Å². The van der Waals surface area contributed by atoms with Crippen LogP contribution in [0.4, 0.5) is 11.6 Å². The Kier molecular flexibility index (Phi) is 4.31. The number of nitrogens with one attached hydrogen (secondary N) is 1. The van der Waals surface area contributed by atoms with Crippen molar-refractivity contribution in [3.63, 3.8) is 0 Å². The van der Waals surface area contributed by atoms with Gasteiger partial charge in [0, 0.05) is 13.1 Å². The van der Waals surface area contributed by atoms with Crippen LogP contribution >= 0.6 is 0 Å². The molecule has 2 rings (SSSR count). The first-order valence-corrected chi connectivity index (χ1v) is 6.15. The molecular weight excluding hydrogens is 230 g/mol. The molecule has 1 N–H and O–H groups in total. The molecule has 0 saturated carbocycles. The zero-order valence-electron chi connectivity index (χ0n) is 10.5. The number of hydrogen-bond acceptors (Lipinski definition) is 6. The summed E-state index contributed by atoms with van der Waals surface area (Å²) in [6.07, 6.45) is 4.09. The first-order chi connectivity index (χ1) is 8.83. The van der Waals surface area contributed by atoms with Gasteiger partial charge in [-0.2, -0.15) is 5.26 Å². The minimum atomic E-state index is -0.382. The van der Waals surface area contributed by atoms with Crippen LogP contribution in [-0.4, -0.2) is 42.3 Å². The van der Waals surface area contributed by atoms with E-state index in [4.69, 9.17) is 10.00 Å². The maximum absolute atomic E-state index is 8.88. The first kappa shape index (κ1) is 12.6. The zero-order chi connectivity index (χ0) is 12.8. The van der Waals surface area contributed by atoms with E-state index in [2.05, 4.69) is 28.3 Å². The van der Waals surface area contributed by atoms with Gasteiger partial charge < -0.3 is 15.0 Å². The summed E-state index contributed by atoms with van der Waals surface area (Å²) in [4.78, 5) is 10.7. The third-order valence-corrected chi connectivity index (χ3v) is 2.71. The van der Waals surface area contributed by atoms with Gasteiger partial charge in [0.05, 0.1) is 31.6 Å². The number of nitrogens with zero attached hydrogens (tertiary/aromatic N) is 4. The Morgan fingerprint density at radius 1 is 1.61 bits per heavy atom. The average Bonchev–Trinajstić information content (AvgIpc) is 2.45. The largest absolute Gasteiger partial charge is 0.369 e. The van der Waals surface area contributed by atoms with Crippen molar-refractivity contribution in [1.29, 1.82) is 5.26 Å². The van der Waals surface area contributed by atoms with Crippen molar-refractivity contribution >= 4 is 11.6 Å². The van der Waals surface area contributed by atoms with Crippen molar-refractivity contribution in [3.05, 3.63) is 12.4 Å². The summed E-state index contributed by atoms with van der Waals surface area (Å²) < 4.78 is 5.31. The molecule has 0 radical (unpaired) electrons. The Labute approximate surface area is 107 Å². The van der Waals surface area contributed by atoms with Gasteiger partial charge in [0.1, 0.15) is 11.6 Å². The van der Waals surface area contributed by atoms with Gasteiger partial charge in [0.2, 0.25) is 0 Å². The van der Waals surface area contributed by atoms with Crippen molar-refractivity contribution in [2.45, 2.75) is 19.4 Å². The van der Waals surface area contributed by atoms with Gasteiger partial charge in [-0.1, -0.05) is 6.92 Å². The van der Waals surface area contributed by atoms with Crippen LogP contribution in [0.5, 0.6) is 0 Å². The van der Waals surface area contributed by atoms with Crippen LogP contribution < -0.4 is 10.2 Å². The van der Waals surface area contributed by atoms with E-state index >= 15 is 0 Å². The Morgan fingerprint density at radius 2 is 2.50 bits per heavy atom. The highest BCUT2D eigenvalue weighted by atomic mass is 16.5. The summed E-state index contributed by atoms with van der Waals surface area (Å²) in [5.74, 6) is 1.56. The van der Waals surface area contributed by atoms with Crippen LogP contribution in [0.3, 0.4) is 0 Å². The quantitative estimate of drug-likeness (QED) is 0.856. The topological polar surface area (TPSA) is 74.1 Å². The molecular formula is C12H17N5O. The van der Waals surface area contributed by atoms with Gasteiger partial charge in [0.25, 0.3) is 0 Å². The van der Waals surface area contributed by atoms with E-state index in [0.717, 1.165) is 31.1 Å². The second-order valence-corrected chi connectivity index (χ2v) is 4.12. The van der Waals surface area contributed by atoms with Crippen LogP contribution in [0.25, 0.3) is 0 Å². The predicted molar refractivity (Wildman–Crippen MR) is 68.4 cm³/mol. The molecule has 96 valence electrons. The van der Waals surface area contributed by atoms with E-state index in [-0.39, 0.29) is 6.10 Å². The maximum atomic E-state index is 8.88. The van der Waals surface area contributed by atoms with Gasteiger partial charge in [-0.15, -0.1) is 0 Å². The minimum absolute atomic E-state index is 0.382. The van der Waals surface area contributed by atoms with Crippen LogP contribution in [0.15, 0.2) is 12.4 Å². The number of nitriles is 1. The van der Waals surface area contributed by atoms with Crippen molar-refractivity contribution in [3.8, 4) is 6.07 Å². The molecule has 0 spiro atoms. The number of rotatable bonds is 4. The Bertz CT molecular complexity index is 431. The molecule has 18 heavy (non-hydrogen) atoms. The second kappa shape index (κ2) is 6.17. The van der Waals surface area contributed by atoms with E-state index in [1.165, 1.54) is 0 Å². The fraction of sp³-hybridized carbons (Fsp3) is 0.583. The Morgan fingerprint density at radius 3 is 3.28 bits per heavy atom. The fourth-order valence-corrected chi connectivity index (χ4v) is 1.78. The summed E-state index contributed by atoms with van der Waals surface area (Å²) >= 11 is 0. The summed E-state index contributed by atoms with van der Waals surface area (Å²) in [6.45, 7) is 4.81. The lowest BCUT2D eigenvalue weighted by Gasteiger charge is -2.30. The molecule has 0 aliphatic carbocycles. The van der Waals surface area contributed by atoms with Crippen molar-refractivity contribution < 1.29 is 4.74 Å². The zero-order valence-corrected chi connectivity index (χ0v) is 10.5. The van der Waals surface area contributed by atoms with Crippen LogP contribution in [0.2, 0.25) is 0 Å². The summed E-state index contributed by atoms with van der Waals surface area (Å²) in [5, 5.41) is 12.1. The molecule has 0 bridgehead atoms. The molecule has 1 saturated heterocycles. The van der Waals surface area contributed by atoms with Gasteiger partial charge in [0.15, 0.2) is 6.10 Å². The lowest BCUT2D eigenvalue weighted by Crippen LogP contribution is -2.42. The molecule has 2 heterocycles. The molecule has 1 atom stereocenters. The number of anilines is 2. The van der Waals surface area contributed by atoms with Crippen LogP contribution in [-0.2, 0) is 4.74 Å². The number of hydrogen-bond donors (Lipinski definition) is 1. The lowest BCUT2D eigenvalue weighted by atomic mass is 10.3. The number of morpholine rings is 1. The van der Waals surface area contributed by atoms with Crippen molar-refractivity contribution in [1.82, 2.24) is 9.97 Å². The van der Waals surface area contributed by atoms with E-state index < -0.39 is 0 Å². The molecule has 0 aromatic carbocycles. The average molecular weight is 247 g/mol. The lowest BCUT2D eigenvalue weighted by molar-refractivity contribution is 0.0761. The first-order valence-electron chi connectivity index (χ1n) is 6.15. The van der Waals surface area contributed by atoms with E-state index in [1.54, 1.807) is 12.4 Å². The van der Waals surface area contributed by atoms with Crippen LogP contribution in [0, 0.1) is 11.3 Å². The fourth-order valence-electron chi connectivity index (χ4n) is 1.78. The third kappa shape index (κ3) is 3.08. The molecule has 6 heteroatoms. The van der Waals surface area contributed by atoms with Crippen LogP contribution in [0.1, 0.15) is 13.3 Å². The molecule has 1 unspecified atom stereocenters. The summed E-state index contributed by atoms with van der Waals surface area (Å²) in [6, 6.07) is 2.12. The Hall–Kier alpha value is -1.87. The van der Waals surface area contributed by atoms with Gasteiger partial charge >= 0.3 is 0 Å². The van der Waals surface area contributed by atoms with Crippen molar-refractivity contribution in [2.24, 2.45) is 0 Å². The number of aromatic nitrogens is 2. The normalized spacial score (nSPS) is 19.3. The standard InChI is InChI=1S/C12H17N5O/c1-2-3-15-11-7-14-8-12(16-11)17-4-5-18-10(6-13)9-17/h7-8,10H,2-5,9H2,1H3,(H,15,16). The molecule has 1 aliphatic heterocycles. The SMILES string of the molecule is CCCNc1cncc(N2CCOC(C#N)C2)n1. The molecule has 6 nitrogen and oxygen atoms in total. The third-order valence-electron chi connectivity index (χ3n) is 2.71. The van der Waals surface area contributed by atoms with E-state index in [0.29, 0.717) is 13.2 Å². The molecule has 0 amide bonds. The monoisotopic (exact) mass is 247 g/mol. The van der Waals surface area contributed by atoms with Crippen molar-refractivity contribution in [2.75, 3.05) is 36.5 Å². The number of ether oxygens (including phenoxy) is 1. The molecule has 1 aromatic heterocycles. The van der Waals surface area contributed by atoms with Gasteiger partial charge in [-0.3, -0.25) is 4.98 Å². The Balaban J connectivity index is 2.05.